The highest BCUT2D eigenvalue weighted by Crippen LogP contribution is 2.24. The highest BCUT2D eigenvalue weighted by Gasteiger charge is 2.32. The van der Waals surface area contributed by atoms with Crippen molar-refractivity contribution in [2.75, 3.05) is 19.8 Å². The van der Waals surface area contributed by atoms with Crippen LogP contribution in [0.25, 0.3) is 0 Å². The summed E-state index contributed by atoms with van der Waals surface area (Å²) >= 11 is 4.89. The summed E-state index contributed by atoms with van der Waals surface area (Å²) in [5.74, 6) is 0.585. The summed E-state index contributed by atoms with van der Waals surface area (Å²) in [4.78, 5) is 14.9. The Morgan fingerprint density at radius 1 is 1.56 bits per heavy atom. The van der Waals surface area contributed by atoms with Crippen LogP contribution in [0, 0.1) is 11.8 Å². The van der Waals surface area contributed by atoms with Gasteiger partial charge in [0.2, 0.25) is 5.91 Å². The summed E-state index contributed by atoms with van der Waals surface area (Å²) in [5.41, 5.74) is 5.52. The van der Waals surface area contributed by atoms with E-state index in [0.29, 0.717) is 31.2 Å². The highest BCUT2D eigenvalue weighted by molar-refractivity contribution is 7.80. The molecule has 1 rings (SSSR count). The summed E-state index contributed by atoms with van der Waals surface area (Å²) in [6.45, 7) is 8.12. The van der Waals surface area contributed by atoms with E-state index in [-0.39, 0.29) is 23.8 Å². The van der Waals surface area contributed by atoms with Crippen molar-refractivity contribution in [3.05, 3.63) is 0 Å². The number of carbonyl (C=O) groups is 1. The predicted molar refractivity (Wildman–Crippen MR) is 76.3 cm³/mol. The Labute approximate surface area is 115 Å². The number of hydrogen-bond donors (Lipinski definition) is 1. The Kier molecular flexibility index (Phi) is 6.02. The largest absolute Gasteiger partial charge is 0.393 e. The lowest BCUT2D eigenvalue weighted by atomic mass is 9.88. The molecule has 104 valence electrons. The number of carbonyl (C=O) groups excluding carboxylic acids is 1. The van der Waals surface area contributed by atoms with Crippen molar-refractivity contribution in [2.45, 2.75) is 39.7 Å². The van der Waals surface area contributed by atoms with E-state index in [4.69, 9.17) is 22.7 Å². The van der Waals surface area contributed by atoms with Crippen LogP contribution in [0.4, 0.5) is 0 Å². The van der Waals surface area contributed by atoms with Gasteiger partial charge in [-0.15, -0.1) is 0 Å². The molecule has 0 radical (unpaired) electrons. The molecule has 0 aliphatic carbocycles. The third-order valence-corrected chi connectivity index (χ3v) is 3.67. The minimum atomic E-state index is 0.0764. The van der Waals surface area contributed by atoms with Gasteiger partial charge in [-0.2, -0.15) is 0 Å². The van der Waals surface area contributed by atoms with Crippen LogP contribution in [0.3, 0.4) is 0 Å². The molecule has 0 aromatic carbocycles. The summed E-state index contributed by atoms with van der Waals surface area (Å²) in [6, 6.07) is 0.182. The predicted octanol–water partition coefficient (Wildman–Crippen LogP) is 1.57. The number of rotatable bonds is 5. The zero-order valence-electron chi connectivity index (χ0n) is 11.5. The Morgan fingerprint density at radius 3 is 2.72 bits per heavy atom. The number of hydrogen-bond acceptors (Lipinski definition) is 3. The molecule has 0 spiro atoms. The highest BCUT2D eigenvalue weighted by atomic mass is 32.1. The normalized spacial score (nSPS) is 24.0. The minimum Gasteiger partial charge on any atom is -0.393 e. The molecule has 1 saturated heterocycles. The van der Waals surface area contributed by atoms with E-state index in [1.807, 2.05) is 18.7 Å². The van der Waals surface area contributed by atoms with Crippen molar-refractivity contribution in [2.24, 2.45) is 17.6 Å². The van der Waals surface area contributed by atoms with Crippen LogP contribution >= 0.6 is 12.2 Å². The topological polar surface area (TPSA) is 55.6 Å². The average molecular weight is 272 g/mol. The molecule has 2 N–H and O–H groups in total. The molecule has 0 bridgehead atoms. The fourth-order valence-corrected chi connectivity index (χ4v) is 2.40. The van der Waals surface area contributed by atoms with E-state index in [2.05, 4.69) is 6.92 Å². The quantitative estimate of drug-likeness (QED) is 0.772. The molecular weight excluding hydrogens is 248 g/mol. The molecule has 0 saturated carbocycles. The first-order chi connectivity index (χ1) is 8.43. The smallest absolute Gasteiger partial charge is 0.226 e. The van der Waals surface area contributed by atoms with Crippen LogP contribution in [0.1, 0.15) is 33.6 Å². The van der Waals surface area contributed by atoms with Crippen molar-refractivity contribution in [1.82, 2.24) is 4.90 Å². The van der Waals surface area contributed by atoms with Gasteiger partial charge in [0.25, 0.3) is 0 Å². The molecule has 0 aromatic heterocycles. The number of ether oxygens (including phenoxy) is 1. The maximum Gasteiger partial charge on any atom is 0.226 e. The summed E-state index contributed by atoms with van der Waals surface area (Å²) < 4.78 is 5.39. The zero-order chi connectivity index (χ0) is 13.7. The monoisotopic (exact) mass is 272 g/mol. The maximum absolute atomic E-state index is 12.5. The van der Waals surface area contributed by atoms with Crippen LogP contribution in [-0.4, -0.2) is 41.6 Å². The van der Waals surface area contributed by atoms with Crippen molar-refractivity contribution in [1.29, 1.82) is 0 Å². The van der Waals surface area contributed by atoms with Gasteiger partial charge in [-0.1, -0.05) is 19.1 Å². The Balaban J connectivity index is 2.65. The number of nitrogens with zero attached hydrogens (tertiary/aromatic N) is 1. The first-order valence-electron chi connectivity index (χ1n) is 6.60. The van der Waals surface area contributed by atoms with Crippen LogP contribution in [0.2, 0.25) is 0 Å². The molecule has 1 heterocycles. The lowest BCUT2D eigenvalue weighted by molar-refractivity contribution is -0.143. The SMILES string of the molecule is CC1COCCC1C(=O)N(CCC(N)=S)C(C)C. The second-order valence-corrected chi connectivity index (χ2v) is 5.81. The number of amides is 1. The van der Waals surface area contributed by atoms with Gasteiger partial charge < -0.3 is 15.4 Å². The third kappa shape index (κ3) is 4.21. The van der Waals surface area contributed by atoms with Gasteiger partial charge >= 0.3 is 0 Å². The maximum atomic E-state index is 12.5. The second-order valence-electron chi connectivity index (χ2n) is 5.29. The van der Waals surface area contributed by atoms with Crippen LogP contribution in [0.15, 0.2) is 0 Å². The van der Waals surface area contributed by atoms with Crippen molar-refractivity contribution in [3.8, 4) is 0 Å². The van der Waals surface area contributed by atoms with E-state index < -0.39 is 0 Å². The minimum absolute atomic E-state index is 0.0764. The van der Waals surface area contributed by atoms with Gasteiger partial charge in [-0.3, -0.25) is 4.79 Å². The molecule has 2 unspecified atom stereocenters. The van der Waals surface area contributed by atoms with E-state index in [9.17, 15) is 4.79 Å². The van der Waals surface area contributed by atoms with Crippen molar-refractivity contribution >= 4 is 23.1 Å². The standard InChI is InChI=1S/C13H24N2O2S/c1-9(2)15(6-4-12(14)18)13(16)11-5-7-17-8-10(11)3/h9-11H,4-8H2,1-3H3,(H2,14,18). The van der Waals surface area contributed by atoms with Gasteiger partial charge in [0, 0.05) is 38.1 Å². The Hall–Kier alpha value is -0.680. The fourth-order valence-electron chi connectivity index (χ4n) is 2.31. The van der Waals surface area contributed by atoms with E-state index >= 15 is 0 Å². The number of nitrogens with two attached hydrogens (primary N) is 1. The third-order valence-electron chi connectivity index (χ3n) is 3.46. The Morgan fingerprint density at radius 2 is 2.22 bits per heavy atom. The first-order valence-corrected chi connectivity index (χ1v) is 7.00. The Bertz CT molecular complexity index is 307. The molecule has 1 aliphatic heterocycles. The van der Waals surface area contributed by atoms with Gasteiger partial charge in [-0.05, 0) is 26.2 Å². The average Bonchev–Trinajstić information content (AvgIpc) is 2.28. The lowest BCUT2D eigenvalue weighted by Gasteiger charge is -2.35. The molecule has 0 aromatic rings. The summed E-state index contributed by atoms with van der Waals surface area (Å²) in [5, 5.41) is 0. The molecule has 1 aliphatic rings. The molecular formula is C13H24N2O2S. The van der Waals surface area contributed by atoms with Crippen molar-refractivity contribution < 1.29 is 9.53 Å². The summed E-state index contributed by atoms with van der Waals surface area (Å²) in [6.07, 6.45) is 1.41. The zero-order valence-corrected chi connectivity index (χ0v) is 12.3. The molecule has 2 atom stereocenters. The molecule has 4 nitrogen and oxygen atoms in total. The molecule has 1 fully saturated rings. The lowest BCUT2D eigenvalue weighted by Crippen LogP contribution is -2.46. The van der Waals surface area contributed by atoms with Gasteiger partial charge in [0.1, 0.15) is 0 Å². The van der Waals surface area contributed by atoms with E-state index in [1.54, 1.807) is 0 Å². The van der Waals surface area contributed by atoms with Crippen LogP contribution in [0.5, 0.6) is 0 Å². The summed E-state index contributed by atoms with van der Waals surface area (Å²) in [7, 11) is 0. The van der Waals surface area contributed by atoms with Crippen LogP contribution < -0.4 is 5.73 Å². The molecule has 1 amide bonds. The molecule has 5 heteroatoms. The van der Waals surface area contributed by atoms with Gasteiger partial charge in [0.05, 0.1) is 4.99 Å². The van der Waals surface area contributed by atoms with Crippen molar-refractivity contribution in [3.63, 3.8) is 0 Å². The molecule has 18 heavy (non-hydrogen) atoms. The van der Waals surface area contributed by atoms with Gasteiger partial charge in [0.15, 0.2) is 0 Å². The first kappa shape index (κ1) is 15.4. The van der Waals surface area contributed by atoms with E-state index in [1.165, 1.54) is 0 Å². The second kappa shape index (κ2) is 7.04. The number of thiocarbonyl (C=S) groups is 1. The fraction of sp³-hybridized carbons (Fsp3) is 0.846. The van der Waals surface area contributed by atoms with Gasteiger partial charge in [-0.25, -0.2) is 0 Å². The van der Waals surface area contributed by atoms with E-state index in [0.717, 1.165) is 6.42 Å². The van der Waals surface area contributed by atoms with Crippen LogP contribution in [-0.2, 0) is 9.53 Å².